The van der Waals surface area contributed by atoms with Crippen molar-refractivity contribution in [1.82, 2.24) is 4.98 Å². The summed E-state index contributed by atoms with van der Waals surface area (Å²) in [7, 11) is 0. The number of nitriles is 1. The van der Waals surface area contributed by atoms with Crippen molar-refractivity contribution in [1.29, 1.82) is 5.26 Å². The van der Waals surface area contributed by atoms with Crippen molar-refractivity contribution in [2.24, 2.45) is 0 Å². The van der Waals surface area contributed by atoms with E-state index in [1.165, 1.54) is 11.8 Å². The molecule has 0 radical (unpaired) electrons. The van der Waals surface area contributed by atoms with Crippen LogP contribution >= 0.6 is 0 Å². The van der Waals surface area contributed by atoms with Crippen LogP contribution in [0.4, 0.5) is 0 Å². The summed E-state index contributed by atoms with van der Waals surface area (Å²) < 4.78 is 32.5. The third kappa shape index (κ3) is 5.65. The molecule has 6 aromatic rings. The van der Waals surface area contributed by atoms with Crippen LogP contribution in [0.5, 0.6) is 0 Å². The average molecular weight is 622 g/mol. The largest absolute Gasteiger partial charge is 0.454 e. The molecule has 0 unspecified atom stereocenters. The lowest BCUT2D eigenvalue weighted by molar-refractivity contribution is 0.587. The van der Waals surface area contributed by atoms with Crippen molar-refractivity contribution in [2.45, 2.75) is 92.3 Å². The van der Waals surface area contributed by atoms with Gasteiger partial charge in [-0.1, -0.05) is 117 Å². The first-order chi connectivity index (χ1) is 23.5. The van der Waals surface area contributed by atoms with E-state index in [0.29, 0.717) is 28.0 Å². The average Bonchev–Trinajstić information content (AvgIpc) is 3.45. The van der Waals surface area contributed by atoms with E-state index in [4.69, 9.17) is 13.5 Å². The molecule has 238 valence electrons. The van der Waals surface area contributed by atoms with Gasteiger partial charge in [-0.25, -0.2) is 0 Å². The second-order valence-electron chi connectivity index (χ2n) is 14.7. The number of benzene rings is 4. The van der Waals surface area contributed by atoms with Gasteiger partial charge in [0.15, 0.2) is 5.58 Å². The molecular weight excluding hydrogens is 572 g/mol. The van der Waals surface area contributed by atoms with Gasteiger partial charge in [-0.15, -0.1) is 0 Å². The molecule has 0 saturated heterocycles. The summed E-state index contributed by atoms with van der Waals surface area (Å²) in [5.41, 5.74) is 11.2. The first-order valence-corrected chi connectivity index (χ1v) is 16.7. The molecular formula is C44H46N2O. The summed E-state index contributed by atoms with van der Waals surface area (Å²) >= 11 is 0. The van der Waals surface area contributed by atoms with Gasteiger partial charge < -0.3 is 4.42 Å². The van der Waals surface area contributed by atoms with Gasteiger partial charge in [0.1, 0.15) is 17.2 Å². The highest BCUT2D eigenvalue weighted by atomic mass is 16.3. The van der Waals surface area contributed by atoms with Crippen LogP contribution in [-0.4, -0.2) is 4.98 Å². The number of hydrogen-bond donors (Lipinski definition) is 0. The molecule has 3 nitrogen and oxygen atoms in total. The van der Waals surface area contributed by atoms with Gasteiger partial charge in [-0.05, 0) is 92.7 Å². The fourth-order valence-corrected chi connectivity index (χ4v) is 6.77. The van der Waals surface area contributed by atoms with Crippen LogP contribution < -0.4 is 0 Å². The second-order valence-corrected chi connectivity index (χ2v) is 14.7. The van der Waals surface area contributed by atoms with E-state index in [1.54, 1.807) is 0 Å². The highest BCUT2D eigenvalue weighted by Gasteiger charge is 2.25. The Balaban J connectivity index is 1.70. The zero-order valence-corrected chi connectivity index (χ0v) is 29.0. The Hall–Kier alpha value is -4.68. The van der Waals surface area contributed by atoms with Gasteiger partial charge in [0, 0.05) is 32.2 Å². The Morgan fingerprint density at radius 1 is 0.745 bits per heavy atom. The third-order valence-electron chi connectivity index (χ3n) is 9.40. The molecule has 4 aromatic carbocycles. The van der Waals surface area contributed by atoms with Crippen molar-refractivity contribution in [3.05, 3.63) is 112 Å². The molecule has 0 saturated carbocycles. The molecule has 0 spiro atoms. The van der Waals surface area contributed by atoms with Gasteiger partial charge in [0.25, 0.3) is 0 Å². The zero-order chi connectivity index (χ0) is 36.3. The number of hydrogen-bond acceptors (Lipinski definition) is 3. The third-order valence-corrected chi connectivity index (χ3v) is 9.40. The first kappa shape index (κ1) is 28.5. The molecule has 0 aliphatic rings. The van der Waals surface area contributed by atoms with Crippen molar-refractivity contribution in [3.8, 4) is 39.6 Å². The maximum absolute atomic E-state index is 10.5. The smallest absolute Gasteiger partial charge is 0.153 e. The quantitative estimate of drug-likeness (QED) is 0.186. The predicted molar refractivity (Wildman–Crippen MR) is 198 cm³/mol. The van der Waals surface area contributed by atoms with E-state index < -0.39 is 6.85 Å². The Morgan fingerprint density at radius 2 is 1.38 bits per heavy atom. The maximum atomic E-state index is 10.5. The van der Waals surface area contributed by atoms with E-state index in [9.17, 15) is 5.26 Å². The van der Waals surface area contributed by atoms with Crippen molar-refractivity contribution < 1.29 is 8.53 Å². The molecule has 0 N–H and O–H groups in total. The Kier molecular flexibility index (Phi) is 7.38. The normalized spacial score (nSPS) is 13.4. The Morgan fingerprint density at radius 3 is 1.96 bits per heavy atom. The summed E-state index contributed by atoms with van der Waals surface area (Å²) in [6.07, 6.45) is 1.53. The van der Waals surface area contributed by atoms with Gasteiger partial charge in [0.05, 0.1) is 5.69 Å². The predicted octanol–water partition coefficient (Wildman–Crippen LogP) is 12.8. The number of nitrogens with zero attached hydrogens (tertiary/aromatic N) is 2. The minimum absolute atomic E-state index is 0.0736. The summed E-state index contributed by atoms with van der Waals surface area (Å²) in [6.45, 7) is 17.3. The molecule has 47 heavy (non-hydrogen) atoms. The van der Waals surface area contributed by atoms with Crippen molar-refractivity contribution in [3.63, 3.8) is 0 Å². The van der Waals surface area contributed by atoms with E-state index >= 15 is 0 Å². The molecule has 2 heterocycles. The standard InChI is InChI=1S/C44H46N2O/c1-25(2)31-16-18-33(43-41(31)34-19-17-32(29-14-12-11-13-15-29)38(23-45)42(34)47-43)39-22-37(28(7)24-46-39)40-35(26(3)4)20-30(44(8,9)10)21-36(40)27(5)6/h11-22,24-27H,1-10H3/i7D3. The lowest BCUT2D eigenvalue weighted by Crippen LogP contribution is -2.14. The fourth-order valence-electron chi connectivity index (χ4n) is 6.77. The lowest BCUT2D eigenvalue weighted by atomic mass is 9.77. The van der Waals surface area contributed by atoms with Gasteiger partial charge in [-0.2, -0.15) is 5.26 Å². The van der Waals surface area contributed by atoms with E-state index in [0.717, 1.165) is 49.7 Å². The second kappa shape index (κ2) is 12.2. The van der Waals surface area contributed by atoms with Crippen molar-refractivity contribution >= 4 is 21.9 Å². The molecule has 3 heteroatoms. The minimum Gasteiger partial charge on any atom is -0.454 e. The topological polar surface area (TPSA) is 49.8 Å². The molecule has 6 rings (SSSR count). The van der Waals surface area contributed by atoms with Crippen molar-refractivity contribution in [2.75, 3.05) is 0 Å². The SMILES string of the molecule is [2H]C([2H])([2H])c1cnc(-c2ccc(C(C)C)c3c2oc2c(C#N)c(-c4ccccc4)ccc23)cc1-c1c(C(C)C)cc(C(C)(C)C)cc1C(C)C. The Labute approximate surface area is 284 Å². The summed E-state index contributed by atoms with van der Waals surface area (Å²) in [4.78, 5) is 4.82. The van der Waals surface area contributed by atoms with E-state index in [2.05, 4.69) is 92.6 Å². The first-order valence-electron chi connectivity index (χ1n) is 18.2. The molecule has 0 fully saturated rings. The highest BCUT2D eigenvalue weighted by molar-refractivity contribution is 6.13. The number of pyridine rings is 1. The summed E-state index contributed by atoms with van der Waals surface area (Å²) in [5, 5.41) is 12.3. The minimum atomic E-state index is -2.38. The van der Waals surface area contributed by atoms with E-state index in [1.807, 2.05) is 48.5 Å². The van der Waals surface area contributed by atoms with Gasteiger partial charge in [0.2, 0.25) is 0 Å². The molecule has 0 bridgehead atoms. The number of rotatable bonds is 6. The van der Waals surface area contributed by atoms with Crippen LogP contribution in [0.25, 0.3) is 55.4 Å². The van der Waals surface area contributed by atoms with Gasteiger partial charge >= 0.3 is 0 Å². The number of aryl methyl sites for hydroxylation is 1. The Bertz CT molecular complexity index is 2250. The van der Waals surface area contributed by atoms with Crippen LogP contribution in [0.1, 0.15) is 118 Å². The summed E-state index contributed by atoms with van der Waals surface area (Å²) in [6, 6.07) is 27.0. The van der Waals surface area contributed by atoms with Crippen LogP contribution in [0, 0.1) is 18.2 Å². The van der Waals surface area contributed by atoms with Gasteiger partial charge in [-0.3, -0.25) is 4.98 Å². The maximum Gasteiger partial charge on any atom is 0.153 e. The molecule has 2 aromatic heterocycles. The monoisotopic (exact) mass is 621 g/mol. The van der Waals surface area contributed by atoms with E-state index in [-0.39, 0.29) is 28.7 Å². The molecule has 0 aliphatic heterocycles. The van der Waals surface area contributed by atoms with Crippen LogP contribution in [-0.2, 0) is 5.41 Å². The highest BCUT2D eigenvalue weighted by Crippen LogP contribution is 2.45. The lowest BCUT2D eigenvalue weighted by Gasteiger charge is -2.28. The van der Waals surface area contributed by atoms with Crippen LogP contribution in [0.2, 0.25) is 0 Å². The number of fused-ring (bicyclic) bond motifs is 3. The number of furan rings is 1. The molecule has 0 atom stereocenters. The molecule has 0 amide bonds. The fraction of sp³-hybridized carbons (Fsp3) is 0.318. The molecule has 0 aliphatic carbocycles. The zero-order valence-electron chi connectivity index (χ0n) is 32.0. The summed E-state index contributed by atoms with van der Waals surface area (Å²) in [5.74, 6) is 0.500. The van der Waals surface area contributed by atoms with Crippen LogP contribution in [0.3, 0.4) is 0 Å². The number of aromatic nitrogens is 1. The van der Waals surface area contributed by atoms with Crippen LogP contribution in [0.15, 0.2) is 83.4 Å².